The van der Waals surface area contributed by atoms with Crippen LogP contribution in [-0.4, -0.2) is 39.7 Å². The first kappa shape index (κ1) is 21.7. The summed E-state index contributed by atoms with van der Waals surface area (Å²) in [6, 6.07) is 12.3. The molecule has 32 heavy (non-hydrogen) atoms. The molecule has 0 saturated carbocycles. The summed E-state index contributed by atoms with van der Waals surface area (Å²) in [4.78, 5) is 14.0. The molecule has 1 aliphatic heterocycles. The van der Waals surface area contributed by atoms with E-state index in [4.69, 9.17) is 23.4 Å². The Bertz CT molecular complexity index is 1170. The molecule has 2 heterocycles. The van der Waals surface area contributed by atoms with Gasteiger partial charge >= 0.3 is 0 Å². The molecule has 0 spiro atoms. The van der Waals surface area contributed by atoms with Crippen LogP contribution in [0.25, 0.3) is 6.08 Å². The lowest BCUT2D eigenvalue weighted by Gasteiger charge is -2.25. The van der Waals surface area contributed by atoms with E-state index < -0.39 is 15.9 Å². The van der Waals surface area contributed by atoms with Crippen LogP contribution in [0.2, 0.25) is 0 Å². The first-order chi connectivity index (χ1) is 15.4. The van der Waals surface area contributed by atoms with Gasteiger partial charge in [0.2, 0.25) is 0 Å². The van der Waals surface area contributed by atoms with Crippen molar-refractivity contribution in [2.75, 3.05) is 39.2 Å². The molecule has 1 aromatic heterocycles. The average molecular weight is 456 g/mol. The van der Waals surface area contributed by atoms with Crippen molar-refractivity contribution in [1.82, 2.24) is 0 Å². The molecular formula is C24H25NO6S. The number of hydrogen-bond donors (Lipinski definition) is 1. The summed E-state index contributed by atoms with van der Waals surface area (Å²) in [5.74, 6) is 1.87. The Morgan fingerprint density at radius 2 is 1.59 bits per heavy atom. The lowest BCUT2D eigenvalue weighted by atomic mass is 10.2. The number of methoxy groups -OCH3 is 3. The third-order valence-electron chi connectivity index (χ3n) is 5.13. The molecule has 1 aliphatic rings. The van der Waals surface area contributed by atoms with Crippen LogP contribution < -0.4 is 24.3 Å². The minimum absolute atomic E-state index is 0.0840. The van der Waals surface area contributed by atoms with Gasteiger partial charge in [0.1, 0.15) is 17.2 Å². The van der Waals surface area contributed by atoms with Crippen molar-refractivity contribution in [2.45, 2.75) is 4.90 Å². The number of benzene rings is 2. The van der Waals surface area contributed by atoms with E-state index in [1.807, 2.05) is 12.1 Å². The van der Waals surface area contributed by atoms with Gasteiger partial charge < -0.3 is 28.7 Å². The second kappa shape index (κ2) is 8.55. The molecule has 0 unspecified atom stereocenters. The molecule has 4 rings (SSSR count). The quantitative estimate of drug-likeness (QED) is 0.488. The van der Waals surface area contributed by atoms with E-state index >= 15 is 0 Å². The number of rotatable bonds is 7. The van der Waals surface area contributed by atoms with E-state index in [9.17, 15) is 4.79 Å². The molecule has 0 fully saturated rings. The summed E-state index contributed by atoms with van der Waals surface area (Å²) in [5.41, 5.74) is 1.54. The SMILES string of the molecule is COc1cc2c(cc1Oc1ccc(C(=O)Nc3c(OC)cccc3OC)o1)S(C)(C)C=C2. The van der Waals surface area contributed by atoms with E-state index in [-0.39, 0.29) is 11.7 Å². The second-order valence-electron chi connectivity index (χ2n) is 7.46. The zero-order valence-corrected chi connectivity index (χ0v) is 19.4. The second-order valence-corrected chi connectivity index (χ2v) is 11.0. The van der Waals surface area contributed by atoms with Crippen LogP contribution in [0.4, 0.5) is 5.69 Å². The molecule has 168 valence electrons. The number of carbonyl (C=O) groups is 1. The maximum atomic E-state index is 12.8. The number of nitrogens with one attached hydrogen (secondary N) is 1. The number of ether oxygens (including phenoxy) is 4. The first-order valence-electron chi connectivity index (χ1n) is 9.80. The molecule has 0 bridgehead atoms. The molecule has 0 saturated heterocycles. The summed E-state index contributed by atoms with van der Waals surface area (Å²) >= 11 is 0. The van der Waals surface area contributed by atoms with Crippen LogP contribution in [-0.2, 0) is 0 Å². The fourth-order valence-electron chi connectivity index (χ4n) is 3.45. The van der Waals surface area contributed by atoms with Crippen molar-refractivity contribution in [1.29, 1.82) is 0 Å². The van der Waals surface area contributed by atoms with Gasteiger partial charge in [0.15, 0.2) is 17.3 Å². The molecule has 0 aliphatic carbocycles. The molecule has 1 N–H and O–H groups in total. The fourth-order valence-corrected chi connectivity index (χ4v) is 5.23. The maximum Gasteiger partial charge on any atom is 0.291 e. The Morgan fingerprint density at radius 3 is 2.25 bits per heavy atom. The predicted octanol–water partition coefficient (Wildman–Crippen LogP) is 5.76. The lowest BCUT2D eigenvalue weighted by molar-refractivity contribution is 0.0991. The van der Waals surface area contributed by atoms with Crippen molar-refractivity contribution in [2.24, 2.45) is 0 Å². The van der Waals surface area contributed by atoms with E-state index in [0.717, 1.165) is 5.56 Å². The Labute approximate surface area is 188 Å². The molecule has 3 aromatic rings. The standard InChI is InChI=1S/C24H25NO6S/c1-27-16-7-6-8-17(28-2)23(16)25-24(26)18-9-10-22(30-18)31-20-14-21-15(13-19(20)29-3)11-12-32(21,4)5/h6-14H,1-5H3,(H,25,26). The van der Waals surface area contributed by atoms with Gasteiger partial charge in [-0.05, 0) is 59.9 Å². The van der Waals surface area contributed by atoms with Gasteiger partial charge in [0.25, 0.3) is 11.9 Å². The largest absolute Gasteiger partial charge is 0.494 e. The van der Waals surface area contributed by atoms with Crippen LogP contribution in [0, 0.1) is 0 Å². The summed E-state index contributed by atoms with van der Waals surface area (Å²) in [7, 11) is 3.59. The molecule has 8 heteroatoms. The van der Waals surface area contributed by atoms with E-state index in [1.54, 1.807) is 37.4 Å². The number of carbonyl (C=O) groups excluding carboxylic acids is 1. The molecule has 2 aromatic carbocycles. The monoisotopic (exact) mass is 455 g/mol. The van der Waals surface area contributed by atoms with Crippen molar-refractivity contribution in [3.8, 4) is 28.9 Å². The van der Waals surface area contributed by atoms with Crippen molar-refractivity contribution in [3.63, 3.8) is 0 Å². The number of furan rings is 1. The third kappa shape index (κ3) is 4.01. The number of amides is 1. The predicted molar refractivity (Wildman–Crippen MR) is 126 cm³/mol. The molecule has 0 radical (unpaired) electrons. The van der Waals surface area contributed by atoms with Gasteiger partial charge in [-0.2, -0.15) is 10.0 Å². The number of fused-ring (bicyclic) bond motifs is 1. The van der Waals surface area contributed by atoms with Crippen molar-refractivity contribution < 1.29 is 28.2 Å². The van der Waals surface area contributed by atoms with Gasteiger partial charge in [-0.1, -0.05) is 6.07 Å². The number of hydrogen-bond acceptors (Lipinski definition) is 6. The van der Waals surface area contributed by atoms with E-state index in [0.29, 0.717) is 28.7 Å². The minimum atomic E-state index is -1.04. The van der Waals surface area contributed by atoms with Crippen LogP contribution in [0.5, 0.6) is 28.9 Å². The highest BCUT2D eigenvalue weighted by Crippen LogP contribution is 2.59. The zero-order valence-electron chi connectivity index (χ0n) is 18.6. The lowest BCUT2D eigenvalue weighted by Crippen LogP contribution is -2.12. The Balaban J connectivity index is 1.56. The van der Waals surface area contributed by atoms with Crippen LogP contribution >= 0.6 is 10.0 Å². The minimum Gasteiger partial charge on any atom is -0.494 e. The summed E-state index contributed by atoms with van der Waals surface area (Å²) in [6.07, 6.45) is 6.54. The average Bonchev–Trinajstić information content (AvgIpc) is 3.37. The molecule has 0 atom stereocenters. The molecular weight excluding hydrogens is 430 g/mol. The van der Waals surface area contributed by atoms with Gasteiger partial charge in [-0.3, -0.25) is 4.79 Å². The van der Waals surface area contributed by atoms with Crippen LogP contribution in [0.1, 0.15) is 16.1 Å². The highest BCUT2D eigenvalue weighted by atomic mass is 32.3. The fraction of sp³-hybridized carbons (Fsp3) is 0.208. The van der Waals surface area contributed by atoms with Crippen molar-refractivity contribution in [3.05, 3.63) is 59.2 Å². The Kier molecular flexibility index (Phi) is 5.80. The van der Waals surface area contributed by atoms with Gasteiger partial charge in [0.05, 0.1) is 21.3 Å². The van der Waals surface area contributed by atoms with Crippen LogP contribution in [0.3, 0.4) is 0 Å². The summed E-state index contributed by atoms with van der Waals surface area (Å²) in [6.45, 7) is 0. The Morgan fingerprint density at radius 1 is 0.906 bits per heavy atom. The smallest absolute Gasteiger partial charge is 0.291 e. The van der Waals surface area contributed by atoms with Gasteiger partial charge in [-0.25, -0.2) is 0 Å². The van der Waals surface area contributed by atoms with Gasteiger partial charge in [0, 0.05) is 11.0 Å². The summed E-state index contributed by atoms with van der Waals surface area (Å²) in [5, 5.41) is 5.00. The maximum absolute atomic E-state index is 12.8. The zero-order chi connectivity index (χ0) is 22.9. The highest BCUT2D eigenvalue weighted by Gasteiger charge is 2.24. The third-order valence-corrected chi connectivity index (χ3v) is 7.44. The number of anilines is 1. The molecule has 7 nitrogen and oxygen atoms in total. The number of para-hydroxylation sites is 1. The highest BCUT2D eigenvalue weighted by molar-refractivity contribution is 8.35. The van der Waals surface area contributed by atoms with E-state index in [2.05, 4.69) is 29.3 Å². The summed E-state index contributed by atoms with van der Waals surface area (Å²) < 4.78 is 27.8. The topological polar surface area (TPSA) is 79.2 Å². The Hall–Kier alpha value is -3.52. The van der Waals surface area contributed by atoms with Crippen LogP contribution in [0.15, 0.2) is 57.2 Å². The normalized spacial score (nSPS) is 14.4. The van der Waals surface area contributed by atoms with E-state index in [1.165, 1.54) is 19.1 Å². The molecule has 1 amide bonds. The first-order valence-corrected chi connectivity index (χ1v) is 12.3. The van der Waals surface area contributed by atoms with Gasteiger partial charge in [-0.15, -0.1) is 0 Å². The van der Waals surface area contributed by atoms with Crippen molar-refractivity contribution >= 4 is 27.7 Å².